The number of rotatable bonds is 1. The van der Waals surface area contributed by atoms with Crippen molar-refractivity contribution in [3.05, 3.63) is 74.6 Å². The van der Waals surface area contributed by atoms with Crippen LogP contribution in [-0.2, 0) is 25.8 Å². The molecule has 2 heterocycles. The van der Waals surface area contributed by atoms with Crippen molar-refractivity contribution in [2.24, 2.45) is 0 Å². The van der Waals surface area contributed by atoms with E-state index in [1.165, 1.54) is 23.1 Å². The molecule has 1 aliphatic heterocycles. The van der Waals surface area contributed by atoms with E-state index in [1.807, 2.05) is 0 Å². The highest BCUT2D eigenvalue weighted by Crippen LogP contribution is 2.40. The summed E-state index contributed by atoms with van der Waals surface area (Å²) in [4.78, 5) is 14.9. The van der Waals surface area contributed by atoms with Crippen molar-refractivity contribution in [3.8, 4) is 5.75 Å². The Bertz CT molecular complexity index is 1150. The number of fused-ring (bicyclic) bond motifs is 6. The SMILES string of the molecule is O=c1oc2c3c(ccc2c2c1CCC2)OCN(C1CCCc2ccccc21)C3. The average Bonchev–Trinajstić information content (AvgIpc) is 3.24. The summed E-state index contributed by atoms with van der Waals surface area (Å²) in [6.45, 7) is 1.33. The van der Waals surface area contributed by atoms with Crippen LogP contribution in [0, 0.1) is 0 Å². The molecule has 6 rings (SSSR count). The third kappa shape index (κ3) is 2.37. The van der Waals surface area contributed by atoms with Gasteiger partial charge in [-0.2, -0.15) is 0 Å². The van der Waals surface area contributed by atoms with E-state index in [2.05, 4.69) is 41.3 Å². The number of nitrogens with zero attached hydrogens (tertiary/aromatic N) is 1. The molecule has 3 aromatic rings. The fraction of sp³-hybridized carbons (Fsp3) is 0.375. The van der Waals surface area contributed by atoms with Gasteiger partial charge in [0.25, 0.3) is 0 Å². The van der Waals surface area contributed by atoms with Gasteiger partial charge in [-0.05, 0) is 67.3 Å². The third-order valence-electron chi connectivity index (χ3n) is 6.73. The summed E-state index contributed by atoms with van der Waals surface area (Å²) >= 11 is 0. The minimum absolute atomic E-state index is 0.159. The van der Waals surface area contributed by atoms with Crippen LogP contribution in [0.2, 0.25) is 0 Å². The van der Waals surface area contributed by atoms with E-state index in [-0.39, 0.29) is 5.63 Å². The Morgan fingerprint density at radius 1 is 0.929 bits per heavy atom. The van der Waals surface area contributed by atoms with Crippen molar-refractivity contribution < 1.29 is 9.15 Å². The second-order valence-electron chi connectivity index (χ2n) is 8.25. The van der Waals surface area contributed by atoms with Crippen molar-refractivity contribution in [3.63, 3.8) is 0 Å². The van der Waals surface area contributed by atoms with Crippen molar-refractivity contribution in [2.45, 2.75) is 51.1 Å². The van der Waals surface area contributed by atoms with Crippen LogP contribution in [0.15, 0.2) is 45.6 Å². The van der Waals surface area contributed by atoms with E-state index in [1.54, 1.807) is 0 Å². The third-order valence-corrected chi connectivity index (χ3v) is 6.73. The van der Waals surface area contributed by atoms with E-state index < -0.39 is 0 Å². The molecule has 0 saturated heterocycles. The summed E-state index contributed by atoms with van der Waals surface area (Å²) < 4.78 is 12.0. The standard InChI is InChI=1S/C24H23NO3/c26-24-19-9-4-8-17(19)18-11-12-22-20(23(18)28-24)13-25(14-27-22)21-10-3-6-15-5-1-2-7-16(15)21/h1-2,5,7,11-12,21H,3-4,6,8-10,13-14H2. The lowest BCUT2D eigenvalue weighted by Gasteiger charge is -2.38. The Kier molecular flexibility index (Phi) is 3.63. The van der Waals surface area contributed by atoms with E-state index in [0.717, 1.165) is 66.5 Å². The number of benzene rings is 2. The topological polar surface area (TPSA) is 42.7 Å². The summed E-state index contributed by atoms with van der Waals surface area (Å²) in [6, 6.07) is 13.3. The molecule has 4 heteroatoms. The van der Waals surface area contributed by atoms with Gasteiger partial charge in [0, 0.05) is 23.5 Å². The highest BCUT2D eigenvalue weighted by Gasteiger charge is 2.31. The lowest BCUT2D eigenvalue weighted by Crippen LogP contribution is -2.37. The molecule has 0 amide bonds. The van der Waals surface area contributed by atoms with Crippen LogP contribution < -0.4 is 10.4 Å². The van der Waals surface area contributed by atoms with Gasteiger partial charge in [-0.3, -0.25) is 4.90 Å². The largest absolute Gasteiger partial charge is 0.478 e. The van der Waals surface area contributed by atoms with Crippen molar-refractivity contribution in [1.82, 2.24) is 4.90 Å². The lowest BCUT2D eigenvalue weighted by molar-refractivity contribution is 0.0482. The first-order valence-corrected chi connectivity index (χ1v) is 10.3. The highest BCUT2D eigenvalue weighted by atomic mass is 16.5. The van der Waals surface area contributed by atoms with Crippen LogP contribution in [0.4, 0.5) is 0 Å². The molecule has 2 aliphatic carbocycles. The smallest absolute Gasteiger partial charge is 0.339 e. The zero-order valence-corrected chi connectivity index (χ0v) is 15.9. The zero-order chi connectivity index (χ0) is 18.7. The van der Waals surface area contributed by atoms with E-state index in [4.69, 9.17) is 9.15 Å². The molecule has 142 valence electrons. The maximum Gasteiger partial charge on any atom is 0.339 e. The summed E-state index contributed by atoms with van der Waals surface area (Å²) in [5, 5.41) is 1.10. The zero-order valence-electron chi connectivity index (χ0n) is 15.9. The maximum atomic E-state index is 12.5. The molecule has 1 atom stereocenters. The van der Waals surface area contributed by atoms with Gasteiger partial charge < -0.3 is 9.15 Å². The summed E-state index contributed by atoms with van der Waals surface area (Å²) in [6.07, 6.45) is 6.34. The van der Waals surface area contributed by atoms with Gasteiger partial charge in [-0.15, -0.1) is 0 Å². The predicted molar refractivity (Wildman–Crippen MR) is 108 cm³/mol. The van der Waals surface area contributed by atoms with Crippen LogP contribution in [0.25, 0.3) is 11.0 Å². The first kappa shape index (κ1) is 16.4. The molecule has 0 spiro atoms. The second kappa shape index (κ2) is 6.21. The Labute approximate surface area is 163 Å². The van der Waals surface area contributed by atoms with Crippen molar-refractivity contribution in [1.29, 1.82) is 0 Å². The lowest BCUT2D eigenvalue weighted by atomic mass is 9.86. The number of aryl methyl sites for hydroxylation is 2. The van der Waals surface area contributed by atoms with Crippen LogP contribution >= 0.6 is 0 Å². The van der Waals surface area contributed by atoms with Gasteiger partial charge in [0.05, 0.1) is 5.56 Å². The quantitative estimate of drug-likeness (QED) is 0.589. The van der Waals surface area contributed by atoms with Gasteiger partial charge in [0.2, 0.25) is 0 Å². The van der Waals surface area contributed by atoms with E-state index >= 15 is 0 Å². The highest BCUT2D eigenvalue weighted by molar-refractivity contribution is 5.86. The molecule has 4 nitrogen and oxygen atoms in total. The molecule has 1 unspecified atom stereocenters. The number of hydrogen-bond donors (Lipinski definition) is 0. The van der Waals surface area contributed by atoms with Crippen LogP contribution in [0.3, 0.4) is 0 Å². The van der Waals surface area contributed by atoms with Crippen LogP contribution in [-0.4, -0.2) is 11.6 Å². The molecule has 1 aromatic heterocycles. The van der Waals surface area contributed by atoms with Crippen LogP contribution in [0.1, 0.15) is 53.1 Å². The normalized spacial score (nSPS) is 21.1. The van der Waals surface area contributed by atoms with Crippen LogP contribution in [0.5, 0.6) is 5.75 Å². The van der Waals surface area contributed by atoms with Gasteiger partial charge in [-0.25, -0.2) is 4.79 Å². The number of ether oxygens (including phenoxy) is 1. The monoisotopic (exact) mass is 373 g/mol. The summed E-state index contributed by atoms with van der Waals surface area (Å²) in [7, 11) is 0. The van der Waals surface area contributed by atoms with E-state index in [0.29, 0.717) is 12.8 Å². The Balaban J connectivity index is 1.45. The minimum Gasteiger partial charge on any atom is -0.478 e. The number of hydrogen-bond acceptors (Lipinski definition) is 4. The molecular weight excluding hydrogens is 350 g/mol. The molecule has 0 N–H and O–H groups in total. The van der Waals surface area contributed by atoms with Crippen molar-refractivity contribution in [2.75, 3.05) is 6.73 Å². The molecule has 0 radical (unpaired) electrons. The molecule has 2 aromatic carbocycles. The Morgan fingerprint density at radius 3 is 2.79 bits per heavy atom. The molecule has 0 saturated carbocycles. The van der Waals surface area contributed by atoms with Gasteiger partial charge >= 0.3 is 5.63 Å². The first-order valence-electron chi connectivity index (χ1n) is 10.3. The molecule has 3 aliphatic rings. The molecule has 28 heavy (non-hydrogen) atoms. The summed E-state index contributed by atoms with van der Waals surface area (Å²) in [5.41, 5.74) is 6.54. The van der Waals surface area contributed by atoms with Gasteiger partial charge in [0.15, 0.2) is 0 Å². The Hall–Kier alpha value is -2.59. The molecule has 0 fully saturated rings. The first-order chi connectivity index (χ1) is 13.8. The predicted octanol–water partition coefficient (Wildman–Crippen LogP) is 4.51. The molecular formula is C24H23NO3. The molecule has 0 bridgehead atoms. The van der Waals surface area contributed by atoms with E-state index in [9.17, 15) is 4.79 Å². The maximum absolute atomic E-state index is 12.5. The Morgan fingerprint density at radius 2 is 1.82 bits per heavy atom. The average molecular weight is 373 g/mol. The van der Waals surface area contributed by atoms with Crippen molar-refractivity contribution >= 4 is 11.0 Å². The summed E-state index contributed by atoms with van der Waals surface area (Å²) in [5.74, 6) is 0.856. The fourth-order valence-corrected chi connectivity index (χ4v) is 5.38. The fourth-order valence-electron chi connectivity index (χ4n) is 5.38. The second-order valence-corrected chi connectivity index (χ2v) is 8.25. The van der Waals surface area contributed by atoms with Gasteiger partial charge in [0.1, 0.15) is 18.1 Å². The van der Waals surface area contributed by atoms with Gasteiger partial charge in [-0.1, -0.05) is 24.3 Å². The minimum atomic E-state index is -0.159.